The lowest BCUT2D eigenvalue weighted by atomic mass is 9.79. The zero-order valence-electron chi connectivity index (χ0n) is 10.7. The highest BCUT2D eigenvalue weighted by Gasteiger charge is 2.38. The zero-order chi connectivity index (χ0) is 11.6. The van der Waals surface area contributed by atoms with E-state index in [2.05, 4.69) is 18.7 Å². The van der Waals surface area contributed by atoms with Gasteiger partial charge < -0.3 is 10.5 Å². The van der Waals surface area contributed by atoms with Crippen molar-refractivity contribution in [3.63, 3.8) is 0 Å². The Kier molecular flexibility index (Phi) is 3.88. The molecule has 0 spiro atoms. The van der Waals surface area contributed by atoms with Crippen molar-refractivity contribution in [2.24, 2.45) is 11.7 Å². The third-order valence-corrected chi connectivity index (χ3v) is 4.53. The van der Waals surface area contributed by atoms with Crippen LogP contribution < -0.4 is 5.73 Å². The van der Waals surface area contributed by atoms with Crippen LogP contribution in [0.15, 0.2) is 0 Å². The van der Waals surface area contributed by atoms with Crippen molar-refractivity contribution < 1.29 is 4.74 Å². The summed E-state index contributed by atoms with van der Waals surface area (Å²) in [6, 6.07) is 0. The van der Waals surface area contributed by atoms with Crippen LogP contribution in [0.25, 0.3) is 0 Å². The van der Waals surface area contributed by atoms with Gasteiger partial charge in [-0.25, -0.2) is 0 Å². The maximum Gasteiger partial charge on any atom is 0.0703 e. The van der Waals surface area contributed by atoms with Gasteiger partial charge in [0.25, 0.3) is 0 Å². The fraction of sp³-hybridized carbons (Fsp3) is 1.00. The Hall–Kier alpha value is -0.120. The smallest absolute Gasteiger partial charge is 0.0703 e. The maximum absolute atomic E-state index is 5.89. The average molecular weight is 226 g/mol. The number of likely N-dealkylation sites (tertiary alicyclic amines) is 1. The largest absolute Gasteiger partial charge is 0.377 e. The molecule has 0 bridgehead atoms. The average Bonchev–Trinajstić information content (AvgIpc) is 2.73. The highest BCUT2D eigenvalue weighted by molar-refractivity contribution is 4.94. The molecular formula is C13H26N2O. The van der Waals surface area contributed by atoms with E-state index in [1.165, 1.54) is 32.2 Å². The maximum atomic E-state index is 5.89. The summed E-state index contributed by atoms with van der Waals surface area (Å²) in [5.41, 5.74) is 6.14. The zero-order valence-corrected chi connectivity index (χ0v) is 10.7. The Morgan fingerprint density at radius 2 is 2.12 bits per heavy atom. The van der Waals surface area contributed by atoms with E-state index >= 15 is 0 Å². The molecule has 0 aliphatic carbocycles. The Bertz CT molecular complexity index is 224. The Morgan fingerprint density at radius 1 is 1.31 bits per heavy atom. The van der Waals surface area contributed by atoms with Gasteiger partial charge in [0.1, 0.15) is 0 Å². The molecule has 0 aromatic carbocycles. The minimum Gasteiger partial charge on any atom is -0.377 e. The van der Waals surface area contributed by atoms with E-state index in [1.54, 1.807) is 0 Å². The van der Waals surface area contributed by atoms with Gasteiger partial charge in [-0.05, 0) is 58.5 Å². The lowest BCUT2D eigenvalue weighted by Gasteiger charge is -2.48. The second-order valence-corrected chi connectivity index (χ2v) is 5.81. The molecule has 2 atom stereocenters. The van der Waals surface area contributed by atoms with Crippen molar-refractivity contribution >= 4 is 0 Å². The van der Waals surface area contributed by atoms with Gasteiger partial charge in [-0.3, -0.25) is 4.90 Å². The number of nitrogens with two attached hydrogens (primary N) is 1. The molecule has 0 aromatic rings. The normalized spacial score (nSPS) is 35.4. The van der Waals surface area contributed by atoms with Crippen molar-refractivity contribution in [2.75, 3.05) is 26.2 Å². The fourth-order valence-corrected chi connectivity index (χ4v) is 3.20. The summed E-state index contributed by atoms with van der Waals surface area (Å²) in [4.78, 5) is 2.60. The second-order valence-electron chi connectivity index (χ2n) is 5.81. The number of ether oxygens (including phenoxy) is 1. The van der Waals surface area contributed by atoms with Crippen LogP contribution in [0, 0.1) is 5.92 Å². The topological polar surface area (TPSA) is 38.5 Å². The molecule has 2 unspecified atom stereocenters. The van der Waals surface area contributed by atoms with Gasteiger partial charge in [0.15, 0.2) is 0 Å². The molecule has 0 radical (unpaired) electrons. The first-order chi connectivity index (χ1) is 7.64. The number of hydrogen-bond donors (Lipinski definition) is 1. The molecule has 2 rings (SSSR count). The quantitative estimate of drug-likeness (QED) is 0.794. The Balaban J connectivity index is 1.96. The summed E-state index contributed by atoms with van der Waals surface area (Å²) in [7, 11) is 0. The van der Waals surface area contributed by atoms with E-state index in [1.807, 2.05) is 0 Å². The van der Waals surface area contributed by atoms with Crippen LogP contribution in [-0.4, -0.2) is 42.8 Å². The van der Waals surface area contributed by atoms with Crippen LogP contribution in [0.4, 0.5) is 0 Å². The Labute approximate surface area is 99.3 Å². The second kappa shape index (κ2) is 5.03. The molecule has 0 amide bonds. The molecule has 2 aliphatic heterocycles. The van der Waals surface area contributed by atoms with E-state index in [-0.39, 0.29) is 5.54 Å². The molecular weight excluding hydrogens is 200 g/mol. The van der Waals surface area contributed by atoms with Crippen LogP contribution in [0.2, 0.25) is 0 Å². The van der Waals surface area contributed by atoms with Crippen LogP contribution >= 0.6 is 0 Å². The predicted octanol–water partition coefficient (Wildman–Crippen LogP) is 1.61. The minimum atomic E-state index is 0.249. The van der Waals surface area contributed by atoms with Crippen LogP contribution in [0.5, 0.6) is 0 Å². The summed E-state index contributed by atoms with van der Waals surface area (Å²) in [6.07, 6.45) is 5.51. The number of rotatable bonds is 3. The lowest BCUT2D eigenvalue weighted by Crippen LogP contribution is -2.56. The third kappa shape index (κ3) is 2.41. The van der Waals surface area contributed by atoms with Gasteiger partial charge in [-0.2, -0.15) is 0 Å². The van der Waals surface area contributed by atoms with Gasteiger partial charge >= 0.3 is 0 Å². The molecule has 2 saturated heterocycles. The molecule has 2 fully saturated rings. The van der Waals surface area contributed by atoms with Crippen LogP contribution in [0.1, 0.15) is 39.5 Å². The predicted molar refractivity (Wildman–Crippen MR) is 66.4 cm³/mol. The molecule has 2 heterocycles. The van der Waals surface area contributed by atoms with E-state index in [4.69, 9.17) is 10.5 Å². The molecule has 0 saturated carbocycles. The first-order valence-corrected chi connectivity index (χ1v) is 6.71. The first-order valence-electron chi connectivity index (χ1n) is 6.71. The fourth-order valence-electron chi connectivity index (χ4n) is 3.20. The summed E-state index contributed by atoms with van der Waals surface area (Å²) in [5, 5.41) is 0. The monoisotopic (exact) mass is 226 g/mol. The van der Waals surface area contributed by atoms with Crippen LogP contribution in [-0.2, 0) is 4.74 Å². The summed E-state index contributed by atoms with van der Waals surface area (Å²) >= 11 is 0. The highest BCUT2D eigenvalue weighted by Crippen LogP contribution is 2.33. The van der Waals surface area contributed by atoms with Crippen molar-refractivity contribution in [1.82, 2.24) is 4.90 Å². The molecule has 3 nitrogen and oxygen atoms in total. The molecule has 2 aliphatic rings. The van der Waals surface area contributed by atoms with Gasteiger partial charge in [-0.15, -0.1) is 0 Å². The van der Waals surface area contributed by atoms with Crippen molar-refractivity contribution in [3.8, 4) is 0 Å². The van der Waals surface area contributed by atoms with Crippen molar-refractivity contribution in [1.29, 1.82) is 0 Å². The van der Waals surface area contributed by atoms with Gasteiger partial charge in [-0.1, -0.05) is 0 Å². The first kappa shape index (κ1) is 12.3. The van der Waals surface area contributed by atoms with Crippen molar-refractivity contribution in [2.45, 2.75) is 51.2 Å². The van der Waals surface area contributed by atoms with Gasteiger partial charge in [0.05, 0.1) is 6.10 Å². The van der Waals surface area contributed by atoms with Crippen molar-refractivity contribution in [3.05, 3.63) is 0 Å². The van der Waals surface area contributed by atoms with E-state index in [9.17, 15) is 0 Å². The van der Waals surface area contributed by atoms with Gasteiger partial charge in [0, 0.05) is 18.7 Å². The minimum absolute atomic E-state index is 0.249. The molecule has 94 valence electrons. The lowest BCUT2D eigenvalue weighted by molar-refractivity contribution is -0.0159. The molecule has 3 heteroatoms. The van der Waals surface area contributed by atoms with Crippen LogP contribution in [0.3, 0.4) is 0 Å². The highest BCUT2D eigenvalue weighted by atomic mass is 16.5. The molecule has 2 N–H and O–H groups in total. The third-order valence-electron chi connectivity index (χ3n) is 4.53. The van der Waals surface area contributed by atoms with E-state index < -0.39 is 0 Å². The number of hydrogen-bond acceptors (Lipinski definition) is 3. The standard InChI is InChI=1S/C13H26N2O/c1-13(2)11(9-14)5-3-7-15(13)10-12-6-4-8-16-12/h11-12H,3-10,14H2,1-2H3. The Morgan fingerprint density at radius 3 is 2.75 bits per heavy atom. The summed E-state index contributed by atoms with van der Waals surface area (Å²) < 4.78 is 5.74. The summed E-state index contributed by atoms with van der Waals surface area (Å²) in [6.45, 7) is 8.78. The van der Waals surface area contributed by atoms with Gasteiger partial charge in [0.2, 0.25) is 0 Å². The number of piperidine rings is 1. The SMILES string of the molecule is CC1(C)C(CN)CCCN1CC1CCCO1. The molecule has 0 aromatic heterocycles. The number of nitrogens with zero attached hydrogens (tertiary/aromatic N) is 1. The van der Waals surface area contributed by atoms with E-state index in [0.29, 0.717) is 12.0 Å². The van der Waals surface area contributed by atoms with E-state index in [0.717, 1.165) is 19.7 Å². The summed E-state index contributed by atoms with van der Waals surface area (Å²) in [5.74, 6) is 0.641. The molecule has 16 heavy (non-hydrogen) atoms.